The largest absolute Gasteiger partial charge is 0.495 e. The fourth-order valence-electron chi connectivity index (χ4n) is 2.98. The molecule has 33 heavy (non-hydrogen) atoms. The highest BCUT2D eigenvalue weighted by molar-refractivity contribution is 8.00. The number of non-ortho nitro benzene ring substituents is 1. The van der Waals surface area contributed by atoms with Crippen molar-refractivity contribution < 1.29 is 27.6 Å². The van der Waals surface area contributed by atoms with Crippen molar-refractivity contribution >= 4 is 29.0 Å². The van der Waals surface area contributed by atoms with Gasteiger partial charge in [-0.3, -0.25) is 14.9 Å². The first-order valence-electron chi connectivity index (χ1n) is 9.56. The fourth-order valence-corrected chi connectivity index (χ4v) is 3.86. The zero-order valence-corrected chi connectivity index (χ0v) is 18.3. The predicted molar refractivity (Wildman–Crippen MR) is 117 cm³/mol. The number of halogens is 3. The number of hydrogen-bond donors (Lipinski definition) is 1. The number of nitrogens with one attached hydrogen (secondary N) is 1. The van der Waals surface area contributed by atoms with Gasteiger partial charge in [0.1, 0.15) is 12.3 Å². The van der Waals surface area contributed by atoms with Crippen molar-refractivity contribution in [2.24, 2.45) is 0 Å². The summed E-state index contributed by atoms with van der Waals surface area (Å²) >= 11 is 0.843. The Labute approximate surface area is 190 Å². The second kappa shape index (κ2) is 9.94. The molecule has 0 spiro atoms. The van der Waals surface area contributed by atoms with Crippen LogP contribution < -0.4 is 10.1 Å². The summed E-state index contributed by atoms with van der Waals surface area (Å²) in [5.74, 6) is -0.377. The summed E-state index contributed by atoms with van der Waals surface area (Å²) in [5, 5.41) is 12.7. The lowest BCUT2D eigenvalue weighted by molar-refractivity contribution is -0.384. The Bertz CT molecular complexity index is 1150. The van der Waals surface area contributed by atoms with Gasteiger partial charge in [-0.2, -0.15) is 13.2 Å². The van der Waals surface area contributed by atoms with E-state index in [1.54, 1.807) is 30.3 Å². The second-order valence-corrected chi connectivity index (χ2v) is 8.19. The molecule has 2 aromatic carbocycles. The lowest BCUT2D eigenvalue weighted by Crippen LogP contribution is -2.24. The van der Waals surface area contributed by atoms with E-state index in [2.05, 4.69) is 10.3 Å². The van der Waals surface area contributed by atoms with Crippen LogP contribution in [0.3, 0.4) is 0 Å². The van der Waals surface area contributed by atoms with E-state index in [0.717, 1.165) is 22.4 Å². The van der Waals surface area contributed by atoms with E-state index >= 15 is 0 Å². The molecule has 0 fully saturated rings. The number of alkyl halides is 3. The van der Waals surface area contributed by atoms with E-state index < -0.39 is 28.8 Å². The standard InChI is InChI=1S/C21H19F3N4O4S/c1-13(19(29)26-16-10-15(28(30)31)8-9-18(16)32-2)33-20-25-11-17(14-6-4-3-5-7-14)27(20)12-21(22,23)24/h3-11,13H,12H2,1-2H3,(H,26,29). The number of ether oxygens (including phenoxy) is 1. The van der Waals surface area contributed by atoms with Gasteiger partial charge in [-0.25, -0.2) is 4.98 Å². The molecule has 1 aromatic heterocycles. The van der Waals surface area contributed by atoms with Crippen molar-refractivity contribution in [1.29, 1.82) is 0 Å². The second-order valence-electron chi connectivity index (χ2n) is 6.88. The van der Waals surface area contributed by atoms with Crippen LogP contribution in [0.5, 0.6) is 5.75 Å². The molecule has 12 heteroatoms. The molecule has 3 aromatic rings. The van der Waals surface area contributed by atoms with Gasteiger partial charge in [0.25, 0.3) is 5.69 Å². The third kappa shape index (κ3) is 6.04. The normalized spacial score (nSPS) is 12.3. The minimum Gasteiger partial charge on any atom is -0.495 e. The molecule has 1 N–H and O–H groups in total. The van der Waals surface area contributed by atoms with Crippen LogP contribution in [0.4, 0.5) is 24.5 Å². The maximum absolute atomic E-state index is 13.3. The number of thioether (sulfide) groups is 1. The molecule has 0 saturated heterocycles. The van der Waals surface area contributed by atoms with Gasteiger partial charge in [0.15, 0.2) is 5.16 Å². The topological polar surface area (TPSA) is 99.3 Å². The number of nitrogens with zero attached hydrogens (tertiary/aromatic N) is 3. The Balaban J connectivity index is 1.85. The van der Waals surface area contributed by atoms with Gasteiger partial charge in [-0.15, -0.1) is 0 Å². The minimum atomic E-state index is -4.50. The van der Waals surface area contributed by atoms with Crippen molar-refractivity contribution in [3.05, 3.63) is 64.8 Å². The summed E-state index contributed by atoms with van der Waals surface area (Å²) in [4.78, 5) is 27.2. The number of hydrogen-bond acceptors (Lipinski definition) is 6. The SMILES string of the molecule is COc1ccc([N+](=O)[O-])cc1NC(=O)C(C)Sc1ncc(-c2ccccc2)n1CC(F)(F)F. The average Bonchev–Trinajstić information content (AvgIpc) is 3.14. The summed E-state index contributed by atoms with van der Waals surface area (Å²) in [6.07, 6.45) is -3.17. The first-order valence-corrected chi connectivity index (χ1v) is 10.4. The van der Waals surface area contributed by atoms with Crippen LogP contribution in [0.15, 0.2) is 59.9 Å². The molecule has 0 aliphatic heterocycles. The van der Waals surface area contributed by atoms with Crippen LogP contribution in [-0.4, -0.2) is 38.9 Å². The number of amides is 1. The van der Waals surface area contributed by atoms with E-state index in [1.165, 1.54) is 32.4 Å². The molecule has 1 amide bonds. The Morgan fingerprint density at radius 2 is 1.97 bits per heavy atom. The lowest BCUT2D eigenvalue weighted by atomic mass is 10.2. The van der Waals surface area contributed by atoms with E-state index in [1.807, 2.05) is 0 Å². The molecule has 1 atom stereocenters. The number of methoxy groups -OCH3 is 1. The summed E-state index contributed by atoms with van der Waals surface area (Å²) in [6.45, 7) is 0.227. The third-order valence-corrected chi connectivity index (χ3v) is 5.63. The van der Waals surface area contributed by atoms with Crippen molar-refractivity contribution in [2.75, 3.05) is 12.4 Å². The Morgan fingerprint density at radius 3 is 2.58 bits per heavy atom. The smallest absolute Gasteiger partial charge is 0.406 e. The summed E-state index contributed by atoms with van der Waals surface area (Å²) in [5.41, 5.74) is 0.648. The van der Waals surface area contributed by atoms with Gasteiger partial charge in [0.2, 0.25) is 5.91 Å². The highest BCUT2D eigenvalue weighted by atomic mass is 32.2. The minimum absolute atomic E-state index is 0.0137. The summed E-state index contributed by atoms with van der Waals surface area (Å²) in [7, 11) is 1.34. The number of aromatic nitrogens is 2. The van der Waals surface area contributed by atoms with E-state index in [0.29, 0.717) is 5.56 Å². The number of imidazole rings is 1. The van der Waals surface area contributed by atoms with E-state index in [-0.39, 0.29) is 28.0 Å². The predicted octanol–water partition coefficient (Wildman–Crippen LogP) is 5.15. The van der Waals surface area contributed by atoms with Crippen LogP contribution >= 0.6 is 11.8 Å². The molecule has 3 rings (SSSR count). The number of carbonyl (C=O) groups excluding carboxylic acids is 1. The molecule has 174 valence electrons. The maximum Gasteiger partial charge on any atom is 0.406 e. The molecular weight excluding hydrogens is 461 g/mol. The Kier molecular flexibility index (Phi) is 7.26. The first-order chi connectivity index (χ1) is 15.6. The zero-order valence-electron chi connectivity index (χ0n) is 17.5. The van der Waals surface area contributed by atoms with Crippen molar-refractivity contribution in [3.63, 3.8) is 0 Å². The average molecular weight is 480 g/mol. The molecule has 8 nitrogen and oxygen atoms in total. The molecule has 1 unspecified atom stereocenters. The molecule has 0 bridgehead atoms. The molecule has 0 saturated carbocycles. The van der Waals surface area contributed by atoms with Crippen LogP contribution in [0, 0.1) is 10.1 Å². The van der Waals surface area contributed by atoms with Gasteiger partial charge >= 0.3 is 6.18 Å². The van der Waals surface area contributed by atoms with Gasteiger partial charge in [-0.05, 0) is 18.6 Å². The van der Waals surface area contributed by atoms with Crippen molar-refractivity contribution in [1.82, 2.24) is 9.55 Å². The van der Waals surface area contributed by atoms with E-state index in [9.17, 15) is 28.1 Å². The molecule has 0 aliphatic carbocycles. The highest BCUT2D eigenvalue weighted by Crippen LogP contribution is 2.33. The van der Waals surface area contributed by atoms with Crippen LogP contribution in [0.1, 0.15) is 6.92 Å². The number of benzene rings is 2. The lowest BCUT2D eigenvalue weighted by Gasteiger charge is -2.17. The number of nitro benzene ring substituents is 1. The van der Waals surface area contributed by atoms with Gasteiger partial charge < -0.3 is 14.6 Å². The third-order valence-electron chi connectivity index (χ3n) is 4.53. The monoisotopic (exact) mass is 480 g/mol. The number of carbonyl (C=O) groups is 1. The van der Waals surface area contributed by atoms with Crippen LogP contribution in [0.25, 0.3) is 11.3 Å². The van der Waals surface area contributed by atoms with Crippen LogP contribution in [0.2, 0.25) is 0 Å². The molecule has 0 aliphatic rings. The first kappa shape index (κ1) is 24.1. The zero-order chi connectivity index (χ0) is 24.2. The quantitative estimate of drug-likeness (QED) is 0.272. The summed E-state index contributed by atoms with van der Waals surface area (Å²) in [6, 6.07) is 12.2. The highest BCUT2D eigenvalue weighted by Gasteiger charge is 2.31. The van der Waals surface area contributed by atoms with Crippen molar-refractivity contribution in [2.45, 2.75) is 30.1 Å². The molecule has 1 heterocycles. The Hall–Kier alpha value is -3.54. The fraction of sp³-hybridized carbons (Fsp3) is 0.238. The van der Waals surface area contributed by atoms with Gasteiger partial charge in [-0.1, -0.05) is 42.1 Å². The number of rotatable bonds is 8. The Morgan fingerprint density at radius 1 is 1.27 bits per heavy atom. The van der Waals surface area contributed by atoms with E-state index in [4.69, 9.17) is 4.74 Å². The van der Waals surface area contributed by atoms with Gasteiger partial charge in [0.05, 0.1) is 34.9 Å². The summed E-state index contributed by atoms with van der Waals surface area (Å²) < 4.78 is 45.9. The van der Waals surface area contributed by atoms with Crippen LogP contribution in [-0.2, 0) is 11.3 Å². The maximum atomic E-state index is 13.3. The van der Waals surface area contributed by atoms with Gasteiger partial charge in [0, 0.05) is 12.1 Å². The molecule has 0 radical (unpaired) electrons. The number of nitro groups is 1. The molecular formula is C21H19F3N4O4S. The van der Waals surface area contributed by atoms with Crippen molar-refractivity contribution in [3.8, 4) is 17.0 Å². The number of anilines is 1.